The van der Waals surface area contributed by atoms with Gasteiger partial charge in [0.25, 0.3) is 0 Å². The number of hydrogen-bond donors (Lipinski definition) is 3. The van der Waals surface area contributed by atoms with Crippen LogP contribution in [0.4, 0.5) is 0 Å². The number of rotatable bonds is 1. The molecule has 0 amide bonds. The van der Waals surface area contributed by atoms with Gasteiger partial charge in [-0.25, -0.2) is 0 Å². The zero-order valence-corrected chi connectivity index (χ0v) is 7.74. The number of aliphatic hydroxyl groups is 2. The van der Waals surface area contributed by atoms with Crippen LogP contribution in [0.15, 0.2) is 24.5 Å². The molecule has 1 aromatic rings. The van der Waals surface area contributed by atoms with Gasteiger partial charge in [-0.1, -0.05) is 0 Å². The minimum Gasteiger partial charge on any atom is -0.390 e. The average molecular weight is 194 g/mol. The molecule has 1 heterocycles. The number of nitrogens with zero attached hydrogens (tertiary/aromatic N) is 1. The molecule has 0 radical (unpaired) electrons. The van der Waals surface area contributed by atoms with Gasteiger partial charge in [0.05, 0.1) is 12.2 Å². The van der Waals surface area contributed by atoms with Crippen molar-refractivity contribution in [2.45, 2.75) is 30.6 Å². The maximum Gasteiger partial charge on any atom is 0.0955 e. The molecule has 0 bridgehead atoms. The lowest BCUT2D eigenvalue weighted by atomic mass is 9.95. The Morgan fingerprint density at radius 1 is 1.29 bits per heavy atom. The molecule has 4 heteroatoms. The highest BCUT2D eigenvalue weighted by Crippen LogP contribution is 2.33. The van der Waals surface area contributed by atoms with Crippen LogP contribution < -0.4 is 5.73 Å². The Labute approximate surface area is 82.4 Å². The fourth-order valence-electron chi connectivity index (χ4n) is 2.02. The third-order valence-electron chi connectivity index (χ3n) is 2.88. The van der Waals surface area contributed by atoms with E-state index in [9.17, 15) is 10.2 Å². The lowest BCUT2D eigenvalue weighted by Gasteiger charge is -2.16. The van der Waals surface area contributed by atoms with E-state index < -0.39 is 12.2 Å². The predicted molar refractivity (Wildman–Crippen MR) is 51.6 cm³/mol. The first-order chi connectivity index (χ1) is 6.70. The second kappa shape index (κ2) is 3.65. The molecule has 4 N–H and O–H groups in total. The monoisotopic (exact) mass is 194 g/mol. The lowest BCUT2D eigenvalue weighted by molar-refractivity contribution is 0.0363. The van der Waals surface area contributed by atoms with Gasteiger partial charge in [0.2, 0.25) is 0 Å². The number of nitrogens with two attached hydrogens (primary N) is 1. The van der Waals surface area contributed by atoms with Crippen molar-refractivity contribution in [1.29, 1.82) is 0 Å². The van der Waals surface area contributed by atoms with Crippen LogP contribution in [0.2, 0.25) is 0 Å². The Morgan fingerprint density at radius 2 is 1.93 bits per heavy atom. The van der Waals surface area contributed by atoms with Gasteiger partial charge < -0.3 is 15.9 Å². The first-order valence-electron chi connectivity index (χ1n) is 4.72. The molecule has 1 saturated carbocycles. The van der Waals surface area contributed by atoms with Crippen molar-refractivity contribution in [2.75, 3.05) is 0 Å². The summed E-state index contributed by atoms with van der Waals surface area (Å²) in [6.07, 6.45) is 2.39. The van der Waals surface area contributed by atoms with Gasteiger partial charge in [-0.3, -0.25) is 4.98 Å². The summed E-state index contributed by atoms with van der Waals surface area (Å²) in [5.41, 5.74) is 6.85. The van der Waals surface area contributed by atoms with E-state index >= 15 is 0 Å². The summed E-state index contributed by atoms with van der Waals surface area (Å²) in [7, 11) is 0. The second-order valence-electron chi connectivity index (χ2n) is 3.76. The maximum atomic E-state index is 9.51. The van der Waals surface area contributed by atoms with Crippen LogP contribution in [0.3, 0.4) is 0 Å². The SMILES string of the molecule is NC1C(c2ccncc2)CC(O)C1O. The van der Waals surface area contributed by atoms with E-state index in [1.54, 1.807) is 12.4 Å². The van der Waals surface area contributed by atoms with Gasteiger partial charge in [0, 0.05) is 24.4 Å². The molecular formula is C10H14N2O2. The highest BCUT2D eigenvalue weighted by atomic mass is 16.3. The van der Waals surface area contributed by atoms with Gasteiger partial charge in [-0.05, 0) is 24.1 Å². The second-order valence-corrected chi connectivity index (χ2v) is 3.76. The molecule has 0 spiro atoms. The van der Waals surface area contributed by atoms with E-state index in [4.69, 9.17) is 5.73 Å². The molecule has 1 aliphatic rings. The van der Waals surface area contributed by atoms with E-state index in [0.29, 0.717) is 6.42 Å². The molecule has 0 aliphatic heterocycles. The topological polar surface area (TPSA) is 79.4 Å². The molecular weight excluding hydrogens is 180 g/mol. The van der Waals surface area contributed by atoms with Crippen LogP contribution in [0.1, 0.15) is 17.9 Å². The molecule has 76 valence electrons. The molecule has 1 fully saturated rings. The van der Waals surface area contributed by atoms with E-state index in [1.165, 1.54) is 0 Å². The van der Waals surface area contributed by atoms with Crippen LogP contribution in [0.5, 0.6) is 0 Å². The zero-order valence-electron chi connectivity index (χ0n) is 7.74. The van der Waals surface area contributed by atoms with E-state index in [1.807, 2.05) is 12.1 Å². The molecule has 14 heavy (non-hydrogen) atoms. The summed E-state index contributed by atoms with van der Waals surface area (Å²) in [6, 6.07) is 3.36. The van der Waals surface area contributed by atoms with Gasteiger partial charge in [-0.2, -0.15) is 0 Å². The van der Waals surface area contributed by atoms with E-state index in [0.717, 1.165) is 5.56 Å². The third-order valence-corrected chi connectivity index (χ3v) is 2.88. The molecule has 2 rings (SSSR count). The minimum atomic E-state index is -0.812. The standard InChI is InChI=1S/C10H14N2O2/c11-9-7(5-8(13)10(9)14)6-1-3-12-4-2-6/h1-4,7-10,13-14H,5,11H2. The summed E-state index contributed by atoms with van der Waals surface area (Å²) in [5, 5.41) is 19.0. The predicted octanol–water partition coefficient (Wildman–Crippen LogP) is -0.382. The van der Waals surface area contributed by atoms with Crippen molar-refractivity contribution in [3.63, 3.8) is 0 Å². The van der Waals surface area contributed by atoms with E-state index in [-0.39, 0.29) is 12.0 Å². The third kappa shape index (κ3) is 1.52. The number of hydrogen-bond acceptors (Lipinski definition) is 4. The van der Waals surface area contributed by atoms with Crippen molar-refractivity contribution in [1.82, 2.24) is 4.98 Å². The largest absolute Gasteiger partial charge is 0.390 e. The first kappa shape index (κ1) is 9.58. The Balaban J connectivity index is 2.21. The number of aliphatic hydroxyl groups excluding tert-OH is 2. The maximum absolute atomic E-state index is 9.51. The Kier molecular flexibility index (Phi) is 2.50. The molecule has 1 aromatic heterocycles. The summed E-state index contributed by atoms with van der Waals surface area (Å²) in [6.45, 7) is 0. The Morgan fingerprint density at radius 3 is 2.43 bits per heavy atom. The fraction of sp³-hybridized carbons (Fsp3) is 0.500. The summed E-state index contributed by atoms with van der Waals surface area (Å²) >= 11 is 0. The van der Waals surface area contributed by atoms with Crippen LogP contribution in [-0.4, -0.2) is 33.4 Å². The van der Waals surface area contributed by atoms with Crippen molar-refractivity contribution < 1.29 is 10.2 Å². The molecule has 4 atom stereocenters. The highest BCUT2D eigenvalue weighted by molar-refractivity contribution is 5.21. The molecule has 0 saturated heterocycles. The normalized spacial score (nSPS) is 37.4. The van der Waals surface area contributed by atoms with Crippen molar-refractivity contribution >= 4 is 0 Å². The molecule has 4 unspecified atom stereocenters. The summed E-state index contributed by atoms with van der Waals surface area (Å²) in [4.78, 5) is 3.91. The summed E-state index contributed by atoms with van der Waals surface area (Å²) in [5.74, 6) is 0.0306. The Hall–Kier alpha value is -0.970. The summed E-state index contributed by atoms with van der Waals surface area (Å²) < 4.78 is 0. The zero-order chi connectivity index (χ0) is 10.1. The number of aromatic nitrogens is 1. The van der Waals surface area contributed by atoms with Crippen LogP contribution in [0.25, 0.3) is 0 Å². The molecule has 0 aromatic carbocycles. The number of pyridine rings is 1. The van der Waals surface area contributed by atoms with E-state index in [2.05, 4.69) is 4.98 Å². The smallest absolute Gasteiger partial charge is 0.0955 e. The van der Waals surface area contributed by atoms with Gasteiger partial charge in [0.15, 0.2) is 0 Å². The Bertz CT molecular complexity index is 304. The molecule has 4 nitrogen and oxygen atoms in total. The van der Waals surface area contributed by atoms with Crippen molar-refractivity contribution in [3.8, 4) is 0 Å². The van der Waals surface area contributed by atoms with Crippen LogP contribution >= 0.6 is 0 Å². The van der Waals surface area contributed by atoms with Crippen LogP contribution in [-0.2, 0) is 0 Å². The molecule has 1 aliphatic carbocycles. The highest BCUT2D eigenvalue weighted by Gasteiger charge is 2.39. The average Bonchev–Trinajstić information content (AvgIpc) is 2.47. The van der Waals surface area contributed by atoms with Crippen molar-refractivity contribution in [3.05, 3.63) is 30.1 Å². The first-order valence-corrected chi connectivity index (χ1v) is 4.72. The minimum absolute atomic E-state index is 0.0306. The fourth-order valence-corrected chi connectivity index (χ4v) is 2.02. The quantitative estimate of drug-likeness (QED) is 0.569. The van der Waals surface area contributed by atoms with Gasteiger partial charge in [-0.15, -0.1) is 0 Å². The lowest BCUT2D eigenvalue weighted by Crippen LogP contribution is -2.37. The van der Waals surface area contributed by atoms with Gasteiger partial charge in [0.1, 0.15) is 0 Å². The van der Waals surface area contributed by atoms with Gasteiger partial charge >= 0.3 is 0 Å². The van der Waals surface area contributed by atoms with Crippen LogP contribution in [0, 0.1) is 0 Å². The van der Waals surface area contributed by atoms with Crippen molar-refractivity contribution in [2.24, 2.45) is 5.73 Å².